The summed E-state index contributed by atoms with van der Waals surface area (Å²) in [6.45, 7) is 1.23. The van der Waals surface area contributed by atoms with Gasteiger partial charge in [-0.3, -0.25) is 4.90 Å². The first-order chi connectivity index (χ1) is 18.0. The first kappa shape index (κ1) is 27.4. The molecule has 0 bridgehead atoms. The summed E-state index contributed by atoms with van der Waals surface area (Å²) in [5.41, 5.74) is -0.481. The molecule has 1 heterocycles. The van der Waals surface area contributed by atoms with Gasteiger partial charge in [-0.15, -0.1) is 0 Å². The monoisotopic (exact) mass is 539 g/mol. The van der Waals surface area contributed by atoms with Crippen molar-refractivity contribution >= 4 is 11.7 Å². The van der Waals surface area contributed by atoms with Crippen molar-refractivity contribution < 1.29 is 35.5 Å². The standard InChI is InChI=1S/C27H24F7N3O/c28-20-12-19(27(32,33)34)13-21(14-20)35-26(38)37(16-17-4-2-1-3-5-17)22-6-8-36(9-7-22)15-18-10-23(29)25(31)24(30)11-18/h1-5,10-14,22H,6-9,15-16H2,(H,35,38). The molecule has 0 unspecified atom stereocenters. The lowest BCUT2D eigenvalue weighted by atomic mass is 10.0. The van der Waals surface area contributed by atoms with Crippen LogP contribution in [0.25, 0.3) is 0 Å². The molecule has 0 atom stereocenters. The Labute approximate surface area is 214 Å². The number of carbonyl (C=O) groups excluding carboxylic acids is 1. The minimum absolute atomic E-state index is 0.160. The molecule has 1 fully saturated rings. The van der Waals surface area contributed by atoms with E-state index in [-0.39, 0.29) is 30.4 Å². The lowest BCUT2D eigenvalue weighted by Crippen LogP contribution is -2.48. The molecule has 1 N–H and O–H groups in total. The first-order valence-electron chi connectivity index (χ1n) is 11.8. The van der Waals surface area contributed by atoms with Crippen molar-refractivity contribution in [1.29, 1.82) is 0 Å². The second kappa shape index (κ2) is 11.4. The van der Waals surface area contributed by atoms with E-state index in [1.54, 1.807) is 30.3 Å². The Kier molecular flexibility index (Phi) is 8.25. The molecule has 1 aliphatic heterocycles. The molecule has 202 valence electrons. The van der Waals surface area contributed by atoms with Crippen molar-refractivity contribution in [2.24, 2.45) is 0 Å². The fraction of sp³-hybridized carbons (Fsp3) is 0.296. The van der Waals surface area contributed by atoms with Crippen molar-refractivity contribution in [3.63, 3.8) is 0 Å². The Hall–Kier alpha value is -3.60. The van der Waals surface area contributed by atoms with Gasteiger partial charge in [0.2, 0.25) is 0 Å². The predicted octanol–water partition coefficient (Wildman–Crippen LogP) is 6.96. The van der Waals surface area contributed by atoms with E-state index >= 15 is 0 Å². The summed E-state index contributed by atoms with van der Waals surface area (Å²) in [7, 11) is 0. The number of anilines is 1. The molecule has 3 aromatic carbocycles. The van der Waals surface area contributed by atoms with Gasteiger partial charge in [-0.25, -0.2) is 22.4 Å². The third kappa shape index (κ3) is 6.83. The van der Waals surface area contributed by atoms with E-state index in [0.29, 0.717) is 38.1 Å². The minimum atomic E-state index is -4.78. The quantitative estimate of drug-likeness (QED) is 0.272. The highest BCUT2D eigenvalue weighted by Crippen LogP contribution is 2.32. The van der Waals surface area contributed by atoms with Crippen molar-refractivity contribution in [1.82, 2.24) is 9.80 Å². The fourth-order valence-electron chi connectivity index (χ4n) is 4.51. The molecular weight excluding hydrogens is 515 g/mol. The van der Waals surface area contributed by atoms with Crippen LogP contribution < -0.4 is 5.32 Å². The average molecular weight is 539 g/mol. The van der Waals surface area contributed by atoms with Crippen LogP contribution in [0.5, 0.6) is 0 Å². The number of piperidine rings is 1. The van der Waals surface area contributed by atoms with Crippen LogP contribution in [-0.4, -0.2) is 35.0 Å². The van der Waals surface area contributed by atoms with Gasteiger partial charge >= 0.3 is 12.2 Å². The van der Waals surface area contributed by atoms with E-state index in [9.17, 15) is 35.5 Å². The van der Waals surface area contributed by atoms with Crippen LogP contribution in [-0.2, 0) is 19.3 Å². The number of nitrogens with one attached hydrogen (secondary N) is 1. The molecule has 0 saturated carbocycles. The molecule has 0 aromatic heterocycles. The Morgan fingerprint density at radius 3 is 2.13 bits per heavy atom. The zero-order valence-electron chi connectivity index (χ0n) is 20.0. The Balaban J connectivity index is 1.48. The highest BCUT2D eigenvalue weighted by Gasteiger charge is 2.32. The van der Waals surface area contributed by atoms with Gasteiger partial charge in [0.1, 0.15) is 5.82 Å². The van der Waals surface area contributed by atoms with Crippen molar-refractivity contribution in [2.45, 2.75) is 38.1 Å². The van der Waals surface area contributed by atoms with E-state index < -0.39 is 41.0 Å². The van der Waals surface area contributed by atoms with E-state index in [2.05, 4.69) is 5.32 Å². The number of benzene rings is 3. The first-order valence-corrected chi connectivity index (χ1v) is 11.8. The molecule has 2 amide bonds. The van der Waals surface area contributed by atoms with Crippen LogP contribution in [0.15, 0.2) is 60.7 Å². The van der Waals surface area contributed by atoms with Crippen LogP contribution in [0.1, 0.15) is 29.5 Å². The zero-order chi connectivity index (χ0) is 27.4. The summed E-state index contributed by atoms with van der Waals surface area (Å²) >= 11 is 0. The van der Waals surface area contributed by atoms with E-state index in [0.717, 1.165) is 23.8 Å². The van der Waals surface area contributed by atoms with Crippen LogP contribution in [0.2, 0.25) is 0 Å². The van der Waals surface area contributed by atoms with E-state index in [1.807, 2.05) is 4.90 Å². The molecule has 0 radical (unpaired) electrons. The third-order valence-electron chi connectivity index (χ3n) is 6.38. The second-order valence-corrected chi connectivity index (χ2v) is 9.15. The average Bonchev–Trinajstić information content (AvgIpc) is 2.86. The van der Waals surface area contributed by atoms with Crippen molar-refractivity contribution in [3.8, 4) is 0 Å². The maximum atomic E-state index is 13.9. The molecule has 11 heteroatoms. The third-order valence-corrected chi connectivity index (χ3v) is 6.38. The summed E-state index contributed by atoms with van der Waals surface area (Å²) in [4.78, 5) is 16.6. The number of likely N-dealkylation sites (tertiary alicyclic amines) is 1. The van der Waals surface area contributed by atoms with Crippen molar-refractivity contribution in [2.75, 3.05) is 18.4 Å². The Morgan fingerprint density at radius 2 is 1.53 bits per heavy atom. The molecular formula is C27H24F7N3O. The van der Waals surface area contributed by atoms with E-state index in [4.69, 9.17) is 0 Å². The summed E-state index contributed by atoms with van der Waals surface area (Å²) < 4.78 is 93.7. The summed E-state index contributed by atoms with van der Waals surface area (Å²) in [5.74, 6) is -5.21. The molecule has 0 aliphatic carbocycles. The maximum absolute atomic E-state index is 13.9. The number of halogens is 7. The molecule has 3 aromatic rings. The molecule has 4 nitrogen and oxygen atoms in total. The minimum Gasteiger partial charge on any atom is -0.317 e. The maximum Gasteiger partial charge on any atom is 0.416 e. The van der Waals surface area contributed by atoms with Gasteiger partial charge in [0.15, 0.2) is 17.5 Å². The molecule has 1 saturated heterocycles. The lowest BCUT2D eigenvalue weighted by Gasteiger charge is -2.38. The van der Waals surface area contributed by atoms with Crippen LogP contribution in [0.3, 0.4) is 0 Å². The molecule has 4 rings (SSSR count). The molecule has 0 spiro atoms. The summed E-state index contributed by atoms with van der Waals surface area (Å²) in [5, 5.41) is 2.40. The number of amides is 2. The summed E-state index contributed by atoms with van der Waals surface area (Å²) in [6, 6.07) is 11.7. The predicted molar refractivity (Wildman–Crippen MR) is 127 cm³/mol. The number of rotatable bonds is 6. The highest BCUT2D eigenvalue weighted by molar-refractivity contribution is 5.89. The molecule has 38 heavy (non-hydrogen) atoms. The zero-order valence-corrected chi connectivity index (χ0v) is 20.0. The van der Waals surface area contributed by atoms with Gasteiger partial charge in [0, 0.05) is 37.9 Å². The van der Waals surface area contributed by atoms with Gasteiger partial charge in [-0.05, 0) is 54.3 Å². The van der Waals surface area contributed by atoms with Gasteiger partial charge < -0.3 is 10.2 Å². The lowest BCUT2D eigenvalue weighted by molar-refractivity contribution is -0.137. The number of alkyl halides is 3. The topological polar surface area (TPSA) is 35.6 Å². The van der Waals surface area contributed by atoms with Gasteiger partial charge in [-0.2, -0.15) is 13.2 Å². The fourth-order valence-corrected chi connectivity index (χ4v) is 4.51. The Morgan fingerprint density at radius 1 is 0.895 bits per heavy atom. The van der Waals surface area contributed by atoms with Gasteiger partial charge in [0.05, 0.1) is 5.56 Å². The van der Waals surface area contributed by atoms with Crippen LogP contribution >= 0.6 is 0 Å². The highest BCUT2D eigenvalue weighted by atomic mass is 19.4. The number of hydrogen-bond acceptors (Lipinski definition) is 2. The summed E-state index contributed by atoms with van der Waals surface area (Å²) in [6.07, 6.45) is -3.86. The normalized spacial score (nSPS) is 14.9. The van der Waals surface area contributed by atoms with E-state index in [1.165, 1.54) is 4.90 Å². The second-order valence-electron chi connectivity index (χ2n) is 9.15. The largest absolute Gasteiger partial charge is 0.416 e. The Bertz CT molecular complexity index is 1250. The number of nitrogens with zero attached hydrogens (tertiary/aromatic N) is 2. The number of hydrogen-bond donors (Lipinski definition) is 1. The SMILES string of the molecule is O=C(Nc1cc(F)cc(C(F)(F)F)c1)N(Cc1ccccc1)C1CCN(Cc2cc(F)c(F)c(F)c2)CC1. The van der Waals surface area contributed by atoms with Gasteiger partial charge in [0.25, 0.3) is 0 Å². The van der Waals surface area contributed by atoms with Crippen molar-refractivity contribution in [3.05, 3.63) is 101 Å². The van der Waals surface area contributed by atoms with Crippen LogP contribution in [0, 0.1) is 23.3 Å². The number of carbonyl (C=O) groups is 1. The van der Waals surface area contributed by atoms with Gasteiger partial charge in [-0.1, -0.05) is 30.3 Å². The molecule has 1 aliphatic rings. The number of urea groups is 1. The smallest absolute Gasteiger partial charge is 0.317 e. The van der Waals surface area contributed by atoms with Crippen LogP contribution in [0.4, 0.5) is 41.2 Å².